The molecular formula is C15H22N2O4. The predicted octanol–water partition coefficient (Wildman–Crippen LogP) is 2.23. The van der Waals surface area contributed by atoms with E-state index >= 15 is 0 Å². The highest BCUT2D eigenvalue weighted by Gasteiger charge is 2.14. The largest absolute Gasteiger partial charge is 0.496 e. The number of carboxylic acids is 1. The van der Waals surface area contributed by atoms with Crippen LogP contribution >= 0.6 is 0 Å². The monoisotopic (exact) mass is 294 g/mol. The number of rotatable bonds is 7. The first-order valence-electron chi connectivity index (χ1n) is 6.84. The fourth-order valence-corrected chi connectivity index (χ4v) is 1.96. The lowest BCUT2D eigenvalue weighted by Gasteiger charge is -2.18. The summed E-state index contributed by atoms with van der Waals surface area (Å²) in [6.45, 7) is 4.17. The quantitative estimate of drug-likeness (QED) is 0.673. The highest BCUT2D eigenvalue weighted by molar-refractivity contribution is 5.74. The molecule has 0 heterocycles. The number of amides is 2. The number of ether oxygens (including phenoxy) is 1. The van der Waals surface area contributed by atoms with Crippen LogP contribution in [-0.2, 0) is 4.79 Å². The van der Waals surface area contributed by atoms with Crippen molar-refractivity contribution in [2.45, 2.75) is 32.7 Å². The average Bonchev–Trinajstić information content (AvgIpc) is 2.43. The molecule has 21 heavy (non-hydrogen) atoms. The molecule has 116 valence electrons. The van der Waals surface area contributed by atoms with Crippen molar-refractivity contribution in [1.29, 1.82) is 0 Å². The number of nitrogens with one attached hydrogen (secondary N) is 2. The van der Waals surface area contributed by atoms with Crippen LogP contribution in [0.15, 0.2) is 18.2 Å². The van der Waals surface area contributed by atoms with Gasteiger partial charge in [-0.15, -0.1) is 0 Å². The van der Waals surface area contributed by atoms with Gasteiger partial charge in [-0.3, -0.25) is 4.79 Å². The Hall–Kier alpha value is -2.24. The Morgan fingerprint density at radius 3 is 2.71 bits per heavy atom. The van der Waals surface area contributed by atoms with E-state index < -0.39 is 5.97 Å². The Morgan fingerprint density at radius 2 is 2.10 bits per heavy atom. The molecule has 0 saturated heterocycles. The number of urea groups is 1. The summed E-state index contributed by atoms with van der Waals surface area (Å²) >= 11 is 0. The van der Waals surface area contributed by atoms with E-state index in [2.05, 4.69) is 10.6 Å². The van der Waals surface area contributed by atoms with Gasteiger partial charge in [0, 0.05) is 18.5 Å². The van der Waals surface area contributed by atoms with Gasteiger partial charge in [0.1, 0.15) is 5.75 Å². The van der Waals surface area contributed by atoms with E-state index in [-0.39, 0.29) is 18.5 Å². The van der Waals surface area contributed by atoms with Crippen molar-refractivity contribution in [2.75, 3.05) is 13.7 Å². The van der Waals surface area contributed by atoms with Crippen molar-refractivity contribution in [3.63, 3.8) is 0 Å². The van der Waals surface area contributed by atoms with Gasteiger partial charge in [-0.25, -0.2) is 4.79 Å². The first kappa shape index (κ1) is 16.8. The predicted molar refractivity (Wildman–Crippen MR) is 79.6 cm³/mol. The first-order chi connectivity index (χ1) is 9.93. The molecule has 1 unspecified atom stereocenters. The topological polar surface area (TPSA) is 87.7 Å². The van der Waals surface area contributed by atoms with Gasteiger partial charge >= 0.3 is 12.0 Å². The van der Waals surface area contributed by atoms with Crippen LogP contribution < -0.4 is 15.4 Å². The van der Waals surface area contributed by atoms with Gasteiger partial charge in [0.2, 0.25) is 0 Å². The van der Waals surface area contributed by atoms with Gasteiger partial charge in [-0.1, -0.05) is 17.7 Å². The minimum Gasteiger partial charge on any atom is -0.496 e. The summed E-state index contributed by atoms with van der Waals surface area (Å²) < 4.78 is 5.29. The second kappa shape index (κ2) is 8.14. The Bertz CT molecular complexity index is 502. The molecule has 0 bridgehead atoms. The van der Waals surface area contributed by atoms with Gasteiger partial charge in [0.15, 0.2) is 0 Å². The Balaban J connectivity index is 2.52. The summed E-state index contributed by atoms with van der Waals surface area (Å²) in [6, 6.07) is 5.25. The van der Waals surface area contributed by atoms with Crippen LogP contribution in [0.25, 0.3) is 0 Å². The summed E-state index contributed by atoms with van der Waals surface area (Å²) in [4.78, 5) is 22.1. The molecule has 0 radical (unpaired) electrons. The third-order valence-electron chi connectivity index (χ3n) is 3.05. The van der Waals surface area contributed by atoms with Crippen LogP contribution in [0, 0.1) is 6.92 Å². The zero-order valence-corrected chi connectivity index (χ0v) is 12.6. The average molecular weight is 294 g/mol. The van der Waals surface area contributed by atoms with E-state index in [9.17, 15) is 9.59 Å². The van der Waals surface area contributed by atoms with E-state index in [1.807, 2.05) is 32.0 Å². The number of carbonyl (C=O) groups excluding carboxylic acids is 1. The summed E-state index contributed by atoms with van der Waals surface area (Å²) in [6.07, 6.45) is 0.451. The van der Waals surface area contributed by atoms with Crippen LogP contribution in [0.1, 0.15) is 36.9 Å². The molecule has 1 aromatic carbocycles. The fourth-order valence-electron chi connectivity index (χ4n) is 1.96. The molecule has 0 aliphatic rings. The lowest BCUT2D eigenvalue weighted by molar-refractivity contribution is -0.137. The van der Waals surface area contributed by atoms with Crippen molar-refractivity contribution in [3.05, 3.63) is 29.3 Å². The Morgan fingerprint density at radius 1 is 1.38 bits per heavy atom. The summed E-state index contributed by atoms with van der Waals surface area (Å²) in [7, 11) is 1.59. The number of carboxylic acid groups (broad SMARTS) is 1. The maximum Gasteiger partial charge on any atom is 0.315 e. The van der Waals surface area contributed by atoms with E-state index in [0.717, 1.165) is 16.9 Å². The Kier molecular flexibility index (Phi) is 6.52. The number of aliphatic carboxylic acids is 1. The van der Waals surface area contributed by atoms with E-state index in [4.69, 9.17) is 9.84 Å². The lowest BCUT2D eigenvalue weighted by Crippen LogP contribution is -2.37. The maximum atomic E-state index is 11.7. The zero-order valence-electron chi connectivity index (χ0n) is 12.6. The van der Waals surface area contributed by atoms with Crippen LogP contribution in [-0.4, -0.2) is 30.8 Å². The number of methoxy groups -OCH3 is 1. The molecule has 0 fully saturated rings. The minimum atomic E-state index is -0.866. The summed E-state index contributed by atoms with van der Waals surface area (Å²) in [5, 5.41) is 14.0. The van der Waals surface area contributed by atoms with Gasteiger partial charge in [0.25, 0.3) is 0 Å². The van der Waals surface area contributed by atoms with Crippen molar-refractivity contribution < 1.29 is 19.4 Å². The molecule has 0 aliphatic heterocycles. The molecule has 1 aromatic rings. The van der Waals surface area contributed by atoms with Crippen molar-refractivity contribution in [3.8, 4) is 5.75 Å². The molecular weight excluding hydrogens is 272 g/mol. The highest BCUT2D eigenvalue weighted by atomic mass is 16.5. The number of aryl methyl sites for hydroxylation is 1. The number of hydrogen-bond acceptors (Lipinski definition) is 3. The van der Waals surface area contributed by atoms with Crippen LogP contribution in [0.3, 0.4) is 0 Å². The standard InChI is InChI=1S/C15H22N2O4/c1-10-6-7-13(21-3)12(9-10)11(2)17-15(20)16-8-4-5-14(18)19/h6-7,9,11H,4-5,8H2,1-3H3,(H,18,19)(H2,16,17,20). The van der Waals surface area contributed by atoms with Crippen molar-refractivity contribution in [1.82, 2.24) is 10.6 Å². The first-order valence-corrected chi connectivity index (χ1v) is 6.84. The second-order valence-corrected chi connectivity index (χ2v) is 4.86. The third-order valence-corrected chi connectivity index (χ3v) is 3.05. The van der Waals surface area contributed by atoms with E-state index in [1.54, 1.807) is 7.11 Å². The Labute approximate surface area is 124 Å². The van der Waals surface area contributed by atoms with Gasteiger partial charge in [-0.2, -0.15) is 0 Å². The van der Waals surface area contributed by atoms with Crippen LogP contribution in [0.4, 0.5) is 4.79 Å². The smallest absolute Gasteiger partial charge is 0.315 e. The fraction of sp³-hybridized carbons (Fsp3) is 0.467. The molecule has 3 N–H and O–H groups in total. The van der Waals surface area contributed by atoms with Crippen LogP contribution in [0.5, 0.6) is 5.75 Å². The summed E-state index contributed by atoms with van der Waals surface area (Å²) in [5.41, 5.74) is 1.99. The van der Waals surface area contributed by atoms with E-state index in [1.165, 1.54) is 0 Å². The maximum absolute atomic E-state index is 11.7. The lowest BCUT2D eigenvalue weighted by atomic mass is 10.0. The van der Waals surface area contributed by atoms with E-state index in [0.29, 0.717) is 13.0 Å². The van der Waals surface area contributed by atoms with Crippen molar-refractivity contribution in [2.24, 2.45) is 0 Å². The molecule has 6 heteroatoms. The normalized spacial score (nSPS) is 11.6. The highest BCUT2D eigenvalue weighted by Crippen LogP contribution is 2.25. The molecule has 0 saturated carbocycles. The summed E-state index contributed by atoms with van der Waals surface area (Å²) in [5.74, 6) is -0.144. The molecule has 2 amide bonds. The van der Waals surface area contributed by atoms with Crippen LogP contribution in [0.2, 0.25) is 0 Å². The van der Waals surface area contributed by atoms with Crippen molar-refractivity contribution >= 4 is 12.0 Å². The molecule has 0 aliphatic carbocycles. The third kappa shape index (κ3) is 5.72. The molecule has 0 spiro atoms. The number of carbonyl (C=O) groups is 2. The molecule has 0 aromatic heterocycles. The second-order valence-electron chi connectivity index (χ2n) is 4.86. The number of benzene rings is 1. The minimum absolute atomic E-state index is 0.0432. The van der Waals surface area contributed by atoms with Gasteiger partial charge in [-0.05, 0) is 26.3 Å². The number of hydrogen-bond donors (Lipinski definition) is 3. The molecule has 1 atom stereocenters. The SMILES string of the molecule is COc1ccc(C)cc1C(C)NC(=O)NCCCC(=O)O. The van der Waals surface area contributed by atoms with Gasteiger partial charge < -0.3 is 20.5 Å². The van der Waals surface area contributed by atoms with Gasteiger partial charge in [0.05, 0.1) is 13.2 Å². The molecule has 1 rings (SSSR count). The molecule has 6 nitrogen and oxygen atoms in total. The zero-order chi connectivity index (χ0) is 15.8.